The van der Waals surface area contributed by atoms with Crippen LogP contribution in [0.2, 0.25) is 0 Å². The molecule has 0 heterocycles. The summed E-state index contributed by atoms with van der Waals surface area (Å²) in [5.41, 5.74) is 0. The molecule has 0 nitrogen and oxygen atoms in total. The summed E-state index contributed by atoms with van der Waals surface area (Å²) in [6, 6.07) is 0. The van der Waals surface area contributed by atoms with E-state index in [1.54, 1.807) is 0 Å². The van der Waals surface area contributed by atoms with Gasteiger partial charge in [-0.2, -0.15) is 0 Å². The predicted octanol–water partition coefficient (Wildman–Crippen LogP) is -0.304. The van der Waals surface area contributed by atoms with Crippen LogP contribution in [0.15, 0.2) is 0 Å². The third kappa shape index (κ3) is 4.88. The molecule has 0 radical (unpaired) electrons. The topological polar surface area (TPSA) is 0 Å². The molecule has 0 fully saturated rings. The monoisotopic (exact) mass is 208 g/mol. The molecule has 0 aliphatic carbocycles. The second-order valence-electron chi connectivity index (χ2n) is 0.545. The predicted molar refractivity (Wildman–Crippen MR) is 19.0 cm³/mol. The van der Waals surface area contributed by atoms with Crippen LogP contribution < -0.4 is 0 Å². The summed E-state index contributed by atoms with van der Waals surface area (Å²) >= 11 is -6.62. The van der Waals surface area contributed by atoms with Crippen LogP contribution in [0.25, 0.3) is 0 Å². The molecule has 0 N–H and O–H groups in total. The van der Waals surface area contributed by atoms with Crippen LogP contribution in [0.1, 0.15) is 0 Å². The first-order valence-corrected chi connectivity index (χ1v) is 14.7. The van der Waals surface area contributed by atoms with Crippen molar-refractivity contribution in [2.45, 2.75) is 0 Å². The molecule has 0 rings (SSSR count). The van der Waals surface area contributed by atoms with Crippen LogP contribution in [0.3, 0.4) is 0 Å². The molecule has 0 bridgehead atoms. The van der Waals surface area contributed by atoms with Crippen LogP contribution in [0.4, 0.5) is 10.5 Å². The Morgan fingerprint density at radius 2 is 1.60 bits per heavy atom. The van der Waals surface area contributed by atoms with Crippen LogP contribution in [0.5, 0.6) is 0 Å². The van der Waals surface area contributed by atoms with E-state index >= 15 is 0 Å². The Hall–Kier alpha value is 0.876. The van der Waals surface area contributed by atoms with E-state index in [0.29, 0.717) is 0 Å². The number of hydrogen-bond acceptors (Lipinski definition) is 0. The molecule has 0 aromatic heterocycles. The van der Waals surface area contributed by atoms with E-state index in [2.05, 4.69) is 0 Å². The molecule has 0 saturated carbocycles. The van der Waals surface area contributed by atoms with Crippen molar-refractivity contribution >= 4 is 27.2 Å². The maximum atomic E-state index is 10.7. The normalized spacial score (nSPS) is 12.0. The van der Waals surface area contributed by atoms with Crippen LogP contribution in [-0.2, 0) is 0 Å². The molecular weight excluding hydrogens is 202 g/mol. The molecule has 0 saturated heterocycles. The summed E-state index contributed by atoms with van der Waals surface area (Å²) in [5.74, 6) is 0. The fourth-order valence-electron chi connectivity index (χ4n) is 0. The van der Waals surface area contributed by atoms with Crippen LogP contribution in [0, 0.1) is 0 Å². The van der Waals surface area contributed by atoms with Gasteiger partial charge in [0.25, 0.3) is 0 Å². The minimum atomic E-state index is -3.99. The van der Waals surface area contributed by atoms with Gasteiger partial charge in [-0.05, 0) is 0 Å². The number of halogens is 3. The average molecular weight is 205 g/mol. The quantitative estimate of drug-likeness (QED) is 0.515. The molecule has 0 spiro atoms. The molecular formula is H3F3Ge2. The molecule has 0 aromatic carbocycles. The van der Waals surface area contributed by atoms with Gasteiger partial charge >= 0.3 is 37.7 Å². The molecule has 0 unspecified atom stereocenters. The Labute approximate surface area is 38.2 Å². The van der Waals surface area contributed by atoms with E-state index in [0.717, 1.165) is 0 Å². The van der Waals surface area contributed by atoms with Crippen LogP contribution in [-0.4, -0.2) is 27.2 Å². The number of rotatable bonds is 1. The molecule has 0 aromatic rings. The van der Waals surface area contributed by atoms with Gasteiger partial charge in [-0.1, -0.05) is 0 Å². The number of hydrogen-bond donors (Lipinski definition) is 0. The molecule has 0 aliphatic rings. The Morgan fingerprint density at radius 1 is 1.40 bits per heavy atom. The van der Waals surface area contributed by atoms with Gasteiger partial charge in [0.15, 0.2) is 0 Å². The van der Waals surface area contributed by atoms with E-state index in [-0.39, 0.29) is 0 Å². The molecule has 0 amide bonds. The molecule has 0 atom stereocenters. The average Bonchev–Trinajstić information content (AvgIpc) is 1.38. The van der Waals surface area contributed by atoms with E-state index in [1.165, 1.54) is 0 Å². The summed E-state index contributed by atoms with van der Waals surface area (Å²) in [6.07, 6.45) is 0. The van der Waals surface area contributed by atoms with Crippen molar-refractivity contribution in [3.05, 3.63) is 0 Å². The molecule has 32 valence electrons. The SMILES string of the molecule is [F][GeH2][GeH]([F])[F]. The Kier molecular flexibility index (Phi) is 3.62. The first-order valence-electron chi connectivity index (χ1n) is 1.11. The molecule has 5 heteroatoms. The summed E-state index contributed by atoms with van der Waals surface area (Å²) in [6.45, 7) is 0. The second-order valence-corrected chi connectivity index (χ2v) is 12.9. The summed E-state index contributed by atoms with van der Waals surface area (Å²) in [7, 11) is 0. The minimum absolute atomic E-state index is 2.63. The summed E-state index contributed by atoms with van der Waals surface area (Å²) in [4.78, 5) is 0. The fraction of sp³-hybridized carbons (Fsp3) is 0. The van der Waals surface area contributed by atoms with E-state index < -0.39 is 27.2 Å². The van der Waals surface area contributed by atoms with Crippen molar-refractivity contribution in [1.82, 2.24) is 0 Å². The maximum absolute atomic E-state index is 10.7. The zero-order valence-electron chi connectivity index (χ0n) is 2.42. The summed E-state index contributed by atoms with van der Waals surface area (Å²) < 4.78 is 32.0. The van der Waals surface area contributed by atoms with E-state index in [1.807, 2.05) is 0 Å². The second kappa shape index (κ2) is 3.08. The first-order chi connectivity index (χ1) is 2.27. The fourth-order valence-corrected chi connectivity index (χ4v) is 0. The standard InChI is InChI=1S/F3Ge2H3/c1-4-5(2)3/h5H,4H2. The summed E-state index contributed by atoms with van der Waals surface area (Å²) in [5, 5.41) is 0. The van der Waals surface area contributed by atoms with Crippen molar-refractivity contribution in [3.63, 3.8) is 0 Å². The van der Waals surface area contributed by atoms with Gasteiger partial charge in [0.05, 0.1) is 0 Å². The van der Waals surface area contributed by atoms with Gasteiger partial charge in [-0.15, -0.1) is 0 Å². The van der Waals surface area contributed by atoms with Gasteiger partial charge in [0.1, 0.15) is 0 Å². The van der Waals surface area contributed by atoms with E-state index in [9.17, 15) is 10.5 Å². The molecule has 0 aliphatic heterocycles. The third-order valence-electron chi connectivity index (χ3n) is 0.117. The van der Waals surface area contributed by atoms with Crippen molar-refractivity contribution in [3.8, 4) is 0 Å². The van der Waals surface area contributed by atoms with Gasteiger partial charge < -0.3 is 0 Å². The van der Waals surface area contributed by atoms with Crippen molar-refractivity contribution in [1.29, 1.82) is 0 Å². The zero-order chi connectivity index (χ0) is 4.28. The van der Waals surface area contributed by atoms with Gasteiger partial charge in [-0.25, -0.2) is 0 Å². The Morgan fingerprint density at radius 3 is 1.60 bits per heavy atom. The Balaban J connectivity index is 2.54. The van der Waals surface area contributed by atoms with Crippen molar-refractivity contribution < 1.29 is 10.5 Å². The zero-order valence-corrected chi connectivity index (χ0v) is 7.81. The van der Waals surface area contributed by atoms with Gasteiger partial charge in [0, 0.05) is 0 Å². The molecule has 5 heavy (non-hydrogen) atoms. The van der Waals surface area contributed by atoms with Crippen molar-refractivity contribution in [2.24, 2.45) is 0 Å². The van der Waals surface area contributed by atoms with Gasteiger partial charge in [-0.3, -0.25) is 0 Å². The van der Waals surface area contributed by atoms with Gasteiger partial charge in [0.2, 0.25) is 0 Å². The van der Waals surface area contributed by atoms with Crippen LogP contribution >= 0.6 is 0 Å². The first kappa shape index (κ1) is 5.88. The third-order valence-corrected chi connectivity index (χ3v) is 3.15. The Bertz CT molecular complexity index is 18.9. The van der Waals surface area contributed by atoms with E-state index in [4.69, 9.17) is 0 Å². The van der Waals surface area contributed by atoms with Crippen molar-refractivity contribution in [2.75, 3.05) is 0 Å².